The summed E-state index contributed by atoms with van der Waals surface area (Å²) in [4.78, 5) is 0. The van der Waals surface area contributed by atoms with E-state index in [0.29, 0.717) is 5.92 Å². The second kappa shape index (κ2) is 3.91. The van der Waals surface area contributed by atoms with E-state index in [9.17, 15) is 0 Å². The maximum atomic E-state index is 5.92. The molecule has 0 aromatic carbocycles. The van der Waals surface area contributed by atoms with Crippen molar-refractivity contribution >= 4 is 0 Å². The number of hydrogen-bond acceptors (Lipinski definition) is 2. The van der Waals surface area contributed by atoms with Crippen molar-refractivity contribution in [2.24, 2.45) is 11.3 Å². The molecule has 15 heavy (non-hydrogen) atoms. The second-order valence-electron chi connectivity index (χ2n) is 5.36. The van der Waals surface area contributed by atoms with E-state index < -0.39 is 0 Å². The molecule has 86 valence electrons. The van der Waals surface area contributed by atoms with Crippen molar-refractivity contribution in [1.29, 1.82) is 0 Å². The van der Waals surface area contributed by atoms with E-state index in [1.165, 1.54) is 12.8 Å². The maximum Gasteiger partial charge on any atom is 0.174 e. The molecule has 2 heteroatoms. The molecule has 2 rings (SSSR count). The zero-order valence-corrected chi connectivity index (χ0v) is 10.1. The van der Waals surface area contributed by atoms with Crippen LogP contribution in [0.25, 0.3) is 0 Å². The SMILES string of the molecule is C/C=C/C1CCC(C)(C)C2(C1)OCCO2. The predicted octanol–water partition coefficient (Wildman–Crippen LogP) is 3.13. The summed E-state index contributed by atoms with van der Waals surface area (Å²) in [6, 6.07) is 0. The van der Waals surface area contributed by atoms with Crippen molar-refractivity contribution in [2.75, 3.05) is 13.2 Å². The van der Waals surface area contributed by atoms with Gasteiger partial charge in [-0.3, -0.25) is 0 Å². The van der Waals surface area contributed by atoms with Crippen LogP contribution >= 0.6 is 0 Å². The quantitative estimate of drug-likeness (QED) is 0.619. The molecule has 1 atom stereocenters. The second-order valence-corrected chi connectivity index (χ2v) is 5.36. The molecule has 1 aliphatic carbocycles. The van der Waals surface area contributed by atoms with Gasteiger partial charge in [-0.2, -0.15) is 0 Å². The minimum Gasteiger partial charge on any atom is -0.347 e. The summed E-state index contributed by atoms with van der Waals surface area (Å²) in [6.45, 7) is 8.13. The molecule has 1 aliphatic heterocycles. The largest absolute Gasteiger partial charge is 0.347 e. The van der Waals surface area contributed by atoms with Crippen molar-refractivity contribution < 1.29 is 9.47 Å². The van der Waals surface area contributed by atoms with Gasteiger partial charge in [-0.1, -0.05) is 26.0 Å². The first-order chi connectivity index (χ1) is 7.10. The highest BCUT2D eigenvalue weighted by atomic mass is 16.7. The minimum atomic E-state index is -0.310. The highest BCUT2D eigenvalue weighted by Crippen LogP contribution is 2.50. The molecule has 0 aromatic heterocycles. The first-order valence-corrected chi connectivity index (χ1v) is 6.00. The monoisotopic (exact) mass is 210 g/mol. The van der Waals surface area contributed by atoms with Gasteiger partial charge in [-0.25, -0.2) is 0 Å². The van der Waals surface area contributed by atoms with Crippen molar-refractivity contribution in [1.82, 2.24) is 0 Å². The smallest absolute Gasteiger partial charge is 0.174 e. The lowest BCUT2D eigenvalue weighted by atomic mass is 9.68. The van der Waals surface area contributed by atoms with E-state index in [4.69, 9.17) is 9.47 Å². The highest BCUT2D eigenvalue weighted by molar-refractivity contribution is 5.01. The summed E-state index contributed by atoms with van der Waals surface area (Å²) in [5.41, 5.74) is 0.154. The van der Waals surface area contributed by atoms with Gasteiger partial charge in [0.1, 0.15) is 0 Å². The minimum absolute atomic E-state index is 0.154. The van der Waals surface area contributed by atoms with E-state index in [1.807, 2.05) is 0 Å². The number of ether oxygens (including phenoxy) is 2. The Morgan fingerprint density at radius 2 is 1.87 bits per heavy atom. The molecule has 2 aliphatic rings. The molecule has 1 saturated heterocycles. The Labute approximate surface area is 92.6 Å². The first kappa shape index (κ1) is 11.2. The van der Waals surface area contributed by atoms with Crippen molar-refractivity contribution in [2.45, 2.75) is 45.8 Å². The van der Waals surface area contributed by atoms with Gasteiger partial charge in [0.2, 0.25) is 0 Å². The number of rotatable bonds is 1. The summed E-state index contributed by atoms with van der Waals surface area (Å²) in [7, 11) is 0. The molecule has 1 saturated carbocycles. The third-order valence-corrected chi connectivity index (χ3v) is 3.92. The van der Waals surface area contributed by atoms with Crippen LogP contribution in [-0.4, -0.2) is 19.0 Å². The van der Waals surface area contributed by atoms with Crippen LogP contribution in [0.4, 0.5) is 0 Å². The zero-order valence-electron chi connectivity index (χ0n) is 10.1. The Morgan fingerprint density at radius 3 is 2.47 bits per heavy atom. The molecule has 2 nitrogen and oxygen atoms in total. The topological polar surface area (TPSA) is 18.5 Å². The van der Waals surface area contributed by atoms with Gasteiger partial charge in [0.15, 0.2) is 5.79 Å². The Bertz CT molecular complexity index is 249. The molecule has 0 radical (unpaired) electrons. The fourth-order valence-electron chi connectivity index (χ4n) is 2.86. The third-order valence-electron chi connectivity index (χ3n) is 3.92. The predicted molar refractivity (Wildman–Crippen MR) is 60.6 cm³/mol. The van der Waals surface area contributed by atoms with Crippen molar-refractivity contribution in [3.8, 4) is 0 Å². The summed E-state index contributed by atoms with van der Waals surface area (Å²) in [5, 5.41) is 0. The Kier molecular flexibility index (Phi) is 2.91. The van der Waals surface area contributed by atoms with Gasteiger partial charge in [0.25, 0.3) is 0 Å². The van der Waals surface area contributed by atoms with E-state index in [2.05, 4.69) is 32.9 Å². The number of allylic oxidation sites excluding steroid dienone is 2. The van der Waals surface area contributed by atoms with Crippen molar-refractivity contribution in [3.05, 3.63) is 12.2 Å². The van der Waals surface area contributed by atoms with Crippen LogP contribution < -0.4 is 0 Å². The van der Waals surface area contributed by atoms with E-state index in [-0.39, 0.29) is 11.2 Å². The molecule has 2 fully saturated rings. The lowest BCUT2D eigenvalue weighted by Gasteiger charge is -2.47. The summed E-state index contributed by atoms with van der Waals surface area (Å²) < 4.78 is 11.8. The average Bonchev–Trinajstić information content (AvgIpc) is 2.63. The van der Waals surface area contributed by atoms with Gasteiger partial charge >= 0.3 is 0 Å². The standard InChI is InChI=1S/C13H22O2/c1-4-5-11-6-7-12(2,3)13(10-11)14-8-9-15-13/h4-5,11H,6-10H2,1-3H3/b5-4+. The Morgan fingerprint density at radius 1 is 1.20 bits per heavy atom. The van der Waals surface area contributed by atoms with Crippen molar-refractivity contribution in [3.63, 3.8) is 0 Å². The van der Waals surface area contributed by atoms with Crippen LogP contribution in [0.2, 0.25) is 0 Å². The van der Waals surface area contributed by atoms with E-state index in [1.54, 1.807) is 0 Å². The molecular formula is C13H22O2. The van der Waals surface area contributed by atoms with Crippen LogP contribution in [-0.2, 0) is 9.47 Å². The lowest BCUT2D eigenvalue weighted by Crippen LogP contribution is -2.50. The molecule has 1 heterocycles. The zero-order chi connectivity index (χ0) is 10.9. The molecular weight excluding hydrogens is 188 g/mol. The van der Waals surface area contributed by atoms with Gasteiger partial charge in [0.05, 0.1) is 13.2 Å². The highest BCUT2D eigenvalue weighted by Gasteiger charge is 2.53. The van der Waals surface area contributed by atoms with Gasteiger partial charge in [-0.05, 0) is 25.7 Å². The van der Waals surface area contributed by atoms with Crippen LogP contribution in [0.3, 0.4) is 0 Å². The fourth-order valence-corrected chi connectivity index (χ4v) is 2.86. The molecule has 1 unspecified atom stereocenters. The van der Waals surface area contributed by atoms with E-state index in [0.717, 1.165) is 19.6 Å². The van der Waals surface area contributed by atoms with E-state index >= 15 is 0 Å². The average molecular weight is 210 g/mol. The third kappa shape index (κ3) is 1.85. The maximum absolute atomic E-state index is 5.92. The lowest BCUT2D eigenvalue weighted by molar-refractivity contribution is -0.251. The van der Waals surface area contributed by atoms with Crippen LogP contribution in [0.5, 0.6) is 0 Å². The Balaban J connectivity index is 2.16. The molecule has 0 N–H and O–H groups in total. The molecule has 0 aromatic rings. The summed E-state index contributed by atoms with van der Waals surface area (Å²) in [5.74, 6) is 0.316. The molecule has 0 amide bonds. The van der Waals surface area contributed by atoms with Crippen LogP contribution in [0.15, 0.2) is 12.2 Å². The summed E-state index contributed by atoms with van der Waals surface area (Å²) >= 11 is 0. The van der Waals surface area contributed by atoms with Gasteiger partial charge in [-0.15, -0.1) is 0 Å². The van der Waals surface area contributed by atoms with Crippen LogP contribution in [0, 0.1) is 11.3 Å². The first-order valence-electron chi connectivity index (χ1n) is 6.00. The Hall–Kier alpha value is -0.340. The fraction of sp³-hybridized carbons (Fsp3) is 0.846. The van der Waals surface area contributed by atoms with Gasteiger partial charge in [0, 0.05) is 11.8 Å². The molecule has 1 spiro atoms. The summed E-state index contributed by atoms with van der Waals surface area (Å²) in [6.07, 6.45) is 7.89. The van der Waals surface area contributed by atoms with Gasteiger partial charge < -0.3 is 9.47 Å². The van der Waals surface area contributed by atoms with Crippen LogP contribution in [0.1, 0.15) is 40.0 Å². The number of hydrogen-bond donors (Lipinski definition) is 0. The normalized spacial score (nSPS) is 33.9. The molecule has 0 bridgehead atoms.